The molecular formula is C13H11N5O3S3. The van der Waals surface area contributed by atoms with Crippen LogP contribution in [-0.4, -0.2) is 39.4 Å². The molecule has 2 heterocycles. The van der Waals surface area contributed by atoms with Crippen LogP contribution in [0.4, 0.5) is 10.3 Å². The number of carbonyl (C=O) groups excluding carboxylic acids is 2. The monoisotopic (exact) mass is 381 g/mol. The Kier molecular flexibility index (Phi) is 5.23. The molecule has 3 N–H and O–H groups in total. The lowest BCUT2D eigenvalue weighted by Gasteiger charge is -2.03. The van der Waals surface area contributed by atoms with Crippen LogP contribution in [0.5, 0.6) is 0 Å². The molecule has 1 amide bonds. The zero-order valence-corrected chi connectivity index (χ0v) is 14.5. The van der Waals surface area contributed by atoms with Gasteiger partial charge in [0.15, 0.2) is 16.1 Å². The van der Waals surface area contributed by atoms with Crippen molar-refractivity contribution in [1.29, 1.82) is 0 Å². The Hall–Kier alpha value is -2.24. The Morgan fingerprint density at radius 3 is 2.83 bits per heavy atom. The lowest BCUT2D eigenvalue weighted by atomic mass is 10.3. The minimum Gasteiger partial charge on any atom is -0.455 e. The molecule has 2 aromatic heterocycles. The summed E-state index contributed by atoms with van der Waals surface area (Å²) in [6.07, 6.45) is 0. The number of benzene rings is 1. The average molecular weight is 381 g/mol. The van der Waals surface area contributed by atoms with Gasteiger partial charge in [-0.3, -0.25) is 14.9 Å². The van der Waals surface area contributed by atoms with Gasteiger partial charge in [-0.25, -0.2) is 4.98 Å². The van der Waals surface area contributed by atoms with E-state index in [0.29, 0.717) is 14.6 Å². The highest BCUT2D eigenvalue weighted by atomic mass is 32.2. The van der Waals surface area contributed by atoms with Gasteiger partial charge >= 0.3 is 5.97 Å². The third kappa shape index (κ3) is 4.40. The number of rotatable bonds is 6. The number of fused-ring (bicyclic) bond motifs is 1. The van der Waals surface area contributed by atoms with Crippen molar-refractivity contribution >= 4 is 66.8 Å². The summed E-state index contributed by atoms with van der Waals surface area (Å²) in [4.78, 5) is 27.7. The lowest BCUT2D eigenvalue weighted by molar-refractivity contribution is -0.144. The summed E-state index contributed by atoms with van der Waals surface area (Å²) in [5.41, 5.74) is 6.25. The molecule has 11 heteroatoms. The molecule has 0 saturated carbocycles. The number of anilines is 2. The maximum Gasteiger partial charge on any atom is 0.316 e. The summed E-state index contributed by atoms with van der Waals surface area (Å²) in [5.74, 6) is -0.927. The van der Waals surface area contributed by atoms with Crippen LogP contribution in [-0.2, 0) is 14.3 Å². The van der Waals surface area contributed by atoms with Crippen LogP contribution in [0.2, 0.25) is 0 Å². The molecule has 0 aliphatic carbocycles. The second-order valence-corrected chi connectivity index (χ2v) is 7.65. The van der Waals surface area contributed by atoms with Gasteiger partial charge in [0.25, 0.3) is 5.91 Å². The van der Waals surface area contributed by atoms with Crippen LogP contribution in [0.3, 0.4) is 0 Å². The molecule has 1 aromatic carbocycles. The molecule has 0 aliphatic heterocycles. The number of hydrogen-bond donors (Lipinski definition) is 2. The number of nitrogens with one attached hydrogen (secondary N) is 1. The van der Waals surface area contributed by atoms with E-state index in [1.165, 1.54) is 22.7 Å². The highest BCUT2D eigenvalue weighted by molar-refractivity contribution is 8.01. The van der Waals surface area contributed by atoms with Crippen LogP contribution < -0.4 is 11.1 Å². The number of nitrogens with zero attached hydrogens (tertiary/aromatic N) is 3. The smallest absolute Gasteiger partial charge is 0.316 e. The van der Waals surface area contributed by atoms with E-state index in [2.05, 4.69) is 20.5 Å². The van der Waals surface area contributed by atoms with Crippen LogP contribution in [0.25, 0.3) is 10.2 Å². The Morgan fingerprint density at radius 1 is 1.25 bits per heavy atom. The minimum atomic E-state index is -0.520. The van der Waals surface area contributed by atoms with Crippen molar-refractivity contribution < 1.29 is 14.3 Å². The molecule has 0 aliphatic rings. The minimum absolute atomic E-state index is 0.0308. The molecule has 24 heavy (non-hydrogen) atoms. The first-order chi connectivity index (χ1) is 11.6. The van der Waals surface area contributed by atoms with Gasteiger partial charge in [-0.1, -0.05) is 46.6 Å². The van der Waals surface area contributed by atoms with E-state index in [0.717, 1.165) is 22.0 Å². The topological polar surface area (TPSA) is 120 Å². The fourth-order valence-corrected chi connectivity index (χ4v) is 3.98. The van der Waals surface area contributed by atoms with Crippen LogP contribution >= 0.6 is 34.4 Å². The van der Waals surface area contributed by atoms with E-state index in [-0.39, 0.29) is 12.4 Å². The molecular weight excluding hydrogens is 370 g/mol. The summed E-state index contributed by atoms with van der Waals surface area (Å²) in [6, 6.07) is 7.55. The molecule has 0 radical (unpaired) electrons. The normalized spacial score (nSPS) is 10.7. The van der Waals surface area contributed by atoms with Gasteiger partial charge in [-0.15, -0.1) is 10.2 Å². The highest BCUT2D eigenvalue weighted by Crippen LogP contribution is 2.25. The van der Waals surface area contributed by atoms with E-state index in [4.69, 9.17) is 10.5 Å². The summed E-state index contributed by atoms with van der Waals surface area (Å²) in [5, 5.41) is 10.8. The number of aromatic nitrogens is 3. The maximum atomic E-state index is 11.8. The van der Waals surface area contributed by atoms with Gasteiger partial charge in [0.1, 0.15) is 0 Å². The van der Waals surface area contributed by atoms with Crippen LogP contribution in [0, 0.1) is 0 Å². The van der Waals surface area contributed by atoms with Crippen molar-refractivity contribution in [3.63, 3.8) is 0 Å². The number of esters is 1. The second kappa shape index (κ2) is 7.55. The average Bonchev–Trinajstić information content (AvgIpc) is 3.16. The lowest BCUT2D eigenvalue weighted by Crippen LogP contribution is -2.21. The van der Waals surface area contributed by atoms with Gasteiger partial charge in [0.05, 0.1) is 16.0 Å². The van der Waals surface area contributed by atoms with E-state index < -0.39 is 11.9 Å². The number of nitrogens with two attached hydrogens (primary N) is 1. The zero-order valence-electron chi connectivity index (χ0n) is 12.1. The summed E-state index contributed by atoms with van der Waals surface area (Å²) >= 11 is 3.70. The first kappa shape index (κ1) is 16.6. The molecule has 0 spiro atoms. The second-order valence-electron chi connectivity index (χ2n) is 4.39. The molecule has 8 nitrogen and oxygen atoms in total. The van der Waals surface area contributed by atoms with Gasteiger partial charge < -0.3 is 10.5 Å². The van der Waals surface area contributed by atoms with Crippen molar-refractivity contribution in [3.8, 4) is 0 Å². The van der Waals surface area contributed by atoms with Crippen molar-refractivity contribution in [2.75, 3.05) is 23.4 Å². The number of hydrogen-bond acceptors (Lipinski definition) is 10. The van der Waals surface area contributed by atoms with Gasteiger partial charge in [0.2, 0.25) is 5.13 Å². The summed E-state index contributed by atoms with van der Waals surface area (Å²) < 4.78 is 6.45. The predicted molar refractivity (Wildman–Crippen MR) is 94.3 cm³/mol. The third-order valence-corrected chi connectivity index (χ3v) is 5.45. The maximum absolute atomic E-state index is 11.8. The van der Waals surface area contributed by atoms with E-state index in [1.807, 2.05) is 24.3 Å². The van der Waals surface area contributed by atoms with E-state index in [1.54, 1.807) is 0 Å². The van der Waals surface area contributed by atoms with Gasteiger partial charge in [-0.2, -0.15) is 0 Å². The molecule has 0 unspecified atom stereocenters. The number of ether oxygens (including phenoxy) is 1. The van der Waals surface area contributed by atoms with Crippen molar-refractivity contribution in [2.24, 2.45) is 0 Å². The molecule has 0 fully saturated rings. The van der Waals surface area contributed by atoms with Gasteiger partial charge in [0, 0.05) is 0 Å². The SMILES string of the molecule is Nc1nnc(SCC(=O)OCC(=O)Nc2nc3ccccc3s2)s1. The molecule has 0 bridgehead atoms. The summed E-state index contributed by atoms with van der Waals surface area (Å²) in [7, 11) is 0. The molecule has 3 rings (SSSR count). The Morgan fingerprint density at radius 2 is 2.08 bits per heavy atom. The third-order valence-electron chi connectivity index (χ3n) is 2.64. The molecule has 0 saturated heterocycles. The van der Waals surface area contributed by atoms with Gasteiger partial charge in [-0.05, 0) is 12.1 Å². The Balaban J connectivity index is 1.44. The fraction of sp³-hybridized carbons (Fsp3) is 0.154. The standard InChI is InChI=1S/C13H11N5O3S3/c14-11-17-18-13(24-11)22-6-10(20)21-5-9(19)16-12-15-7-3-1-2-4-8(7)23-12/h1-4H,5-6H2,(H2,14,17)(H,15,16,19). The quantitative estimate of drug-likeness (QED) is 0.491. The Bertz CT molecular complexity index is 845. The van der Waals surface area contributed by atoms with Crippen LogP contribution in [0.15, 0.2) is 28.6 Å². The fourth-order valence-electron chi connectivity index (χ4n) is 1.67. The van der Waals surface area contributed by atoms with Crippen molar-refractivity contribution in [2.45, 2.75) is 4.34 Å². The Labute approximate surface area is 148 Å². The summed E-state index contributed by atoms with van der Waals surface area (Å²) in [6.45, 7) is -0.367. The predicted octanol–water partition coefficient (Wildman–Crippen LogP) is 2.00. The number of thiazole rings is 1. The van der Waals surface area contributed by atoms with E-state index in [9.17, 15) is 9.59 Å². The van der Waals surface area contributed by atoms with E-state index >= 15 is 0 Å². The first-order valence-electron chi connectivity index (χ1n) is 6.63. The number of amides is 1. The number of para-hydroxylation sites is 1. The highest BCUT2D eigenvalue weighted by Gasteiger charge is 2.12. The van der Waals surface area contributed by atoms with Crippen LogP contribution in [0.1, 0.15) is 0 Å². The van der Waals surface area contributed by atoms with Crippen molar-refractivity contribution in [3.05, 3.63) is 24.3 Å². The van der Waals surface area contributed by atoms with Crippen molar-refractivity contribution in [1.82, 2.24) is 15.2 Å². The number of nitrogen functional groups attached to an aromatic ring is 1. The zero-order chi connectivity index (χ0) is 16.9. The largest absolute Gasteiger partial charge is 0.455 e. The number of thioether (sulfide) groups is 1. The molecule has 3 aromatic rings. The molecule has 124 valence electrons. The molecule has 0 atom stereocenters. The first-order valence-corrected chi connectivity index (χ1v) is 9.25. The number of carbonyl (C=O) groups is 2.